The number of nitrogens with zero attached hydrogens (tertiary/aromatic N) is 2. The van der Waals surface area contributed by atoms with E-state index >= 15 is 0 Å². The highest BCUT2D eigenvalue weighted by Crippen LogP contribution is 2.12. The third-order valence-electron chi connectivity index (χ3n) is 1.69. The van der Waals surface area contributed by atoms with Crippen molar-refractivity contribution in [3.63, 3.8) is 0 Å². The van der Waals surface area contributed by atoms with Gasteiger partial charge in [0.25, 0.3) is 0 Å². The van der Waals surface area contributed by atoms with E-state index in [0.717, 1.165) is 6.42 Å². The number of halogens is 1. The lowest BCUT2D eigenvalue weighted by atomic mass is 10.1. The van der Waals surface area contributed by atoms with Gasteiger partial charge in [-0.2, -0.15) is 0 Å². The van der Waals surface area contributed by atoms with Gasteiger partial charge >= 0.3 is 0 Å². The molecule has 1 heterocycles. The van der Waals surface area contributed by atoms with Crippen molar-refractivity contribution in [2.75, 3.05) is 0 Å². The molecule has 1 unspecified atom stereocenters. The lowest BCUT2D eigenvalue weighted by Gasteiger charge is -2.04. The Hall–Kier alpha value is -0.990. The maximum Gasteiger partial charge on any atom is 0.159 e. The van der Waals surface area contributed by atoms with Crippen LogP contribution in [0.4, 0.5) is 4.39 Å². The second kappa shape index (κ2) is 3.42. The van der Waals surface area contributed by atoms with E-state index in [1.165, 1.54) is 12.4 Å². The molecule has 0 aliphatic rings. The Morgan fingerprint density at radius 2 is 2.00 bits per heavy atom. The zero-order valence-electron chi connectivity index (χ0n) is 6.71. The van der Waals surface area contributed by atoms with Gasteiger partial charge in [0.2, 0.25) is 0 Å². The second-order valence-electron chi connectivity index (χ2n) is 2.57. The summed E-state index contributed by atoms with van der Waals surface area (Å²) in [5.74, 6) is 0.654. The van der Waals surface area contributed by atoms with Crippen LogP contribution in [0.2, 0.25) is 0 Å². The lowest BCUT2D eigenvalue weighted by molar-refractivity contribution is 0.596. The van der Waals surface area contributed by atoms with Crippen molar-refractivity contribution >= 4 is 0 Å². The molecular weight excluding hydrogens is 143 g/mol. The summed E-state index contributed by atoms with van der Waals surface area (Å²) in [4.78, 5) is 7.73. The van der Waals surface area contributed by atoms with Crippen LogP contribution in [0.3, 0.4) is 0 Å². The zero-order valence-corrected chi connectivity index (χ0v) is 6.71. The minimum atomic E-state index is -0.378. The molecule has 0 aliphatic heterocycles. The molecule has 2 nitrogen and oxygen atoms in total. The number of aromatic nitrogens is 2. The van der Waals surface area contributed by atoms with Crippen molar-refractivity contribution in [1.82, 2.24) is 9.97 Å². The largest absolute Gasteiger partial charge is 0.238 e. The zero-order chi connectivity index (χ0) is 8.27. The van der Waals surface area contributed by atoms with E-state index in [0.29, 0.717) is 11.7 Å². The molecular formula is C8H11FN2. The molecule has 60 valence electrons. The molecule has 0 bridgehead atoms. The first-order valence-corrected chi connectivity index (χ1v) is 3.71. The fraction of sp³-hybridized carbons (Fsp3) is 0.500. The number of hydrogen-bond acceptors (Lipinski definition) is 2. The van der Waals surface area contributed by atoms with Gasteiger partial charge in [-0.3, -0.25) is 0 Å². The van der Waals surface area contributed by atoms with Crippen LogP contribution in [0, 0.1) is 5.82 Å². The standard InChI is InChI=1S/C8H11FN2/c1-3-6(2)8-10-4-7(9)5-11-8/h4-6H,3H2,1-2H3. The van der Waals surface area contributed by atoms with Crippen LogP contribution >= 0.6 is 0 Å². The maximum absolute atomic E-state index is 12.3. The molecule has 0 aliphatic carbocycles. The third kappa shape index (κ3) is 1.97. The molecule has 0 N–H and O–H groups in total. The third-order valence-corrected chi connectivity index (χ3v) is 1.69. The van der Waals surface area contributed by atoms with E-state index < -0.39 is 0 Å². The van der Waals surface area contributed by atoms with E-state index in [1.54, 1.807) is 0 Å². The summed E-state index contributed by atoms with van der Waals surface area (Å²) in [7, 11) is 0. The summed E-state index contributed by atoms with van der Waals surface area (Å²) in [6, 6.07) is 0. The summed E-state index contributed by atoms with van der Waals surface area (Å²) in [5, 5.41) is 0. The smallest absolute Gasteiger partial charge is 0.159 e. The molecule has 0 aromatic carbocycles. The molecule has 0 saturated carbocycles. The SMILES string of the molecule is CCC(C)c1ncc(F)cn1. The van der Waals surface area contributed by atoms with Gasteiger partial charge in [-0.1, -0.05) is 13.8 Å². The Kier molecular flexibility index (Phi) is 2.52. The molecule has 11 heavy (non-hydrogen) atoms. The van der Waals surface area contributed by atoms with E-state index in [4.69, 9.17) is 0 Å². The quantitative estimate of drug-likeness (QED) is 0.652. The van der Waals surface area contributed by atoms with Crippen molar-refractivity contribution in [2.45, 2.75) is 26.2 Å². The van der Waals surface area contributed by atoms with Gasteiger partial charge in [-0.15, -0.1) is 0 Å². The van der Waals surface area contributed by atoms with Gasteiger partial charge in [0.1, 0.15) is 5.82 Å². The van der Waals surface area contributed by atoms with Gasteiger partial charge < -0.3 is 0 Å². The first-order valence-electron chi connectivity index (χ1n) is 3.71. The second-order valence-corrected chi connectivity index (χ2v) is 2.57. The predicted octanol–water partition coefficient (Wildman–Crippen LogP) is 2.13. The molecule has 0 amide bonds. The average molecular weight is 154 g/mol. The predicted molar refractivity (Wildman–Crippen MR) is 40.7 cm³/mol. The van der Waals surface area contributed by atoms with E-state index in [2.05, 4.69) is 16.9 Å². The van der Waals surface area contributed by atoms with Crippen molar-refractivity contribution in [1.29, 1.82) is 0 Å². The first-order chi connectivity index (χ1) is 5.24. The van der Waals surface area contributed by atoms with Crippen LogP contribution in [0.15, 0.2) is 12.4 Å². The number of hydrogen-bond donors (Lipinski definition) is 0. The van der Waals surface area contributed by atoms with Gasteiger partial charge in [0.05, 0.1) is 12.4 Å². The van der Waals surface area contributed by atoms with Crippen molar-refractivity contribution < 1.29 is 4.39 Å². The molecule has 0 fully saturated rings. The van der Waals surface area contributed by atoms with Gasteiger partial charge in [0, 0.05) is 5.92 Å². The molecule has 0 spiro atoms. The first kappa shape index (κ1) is 8.11. The number of rotatable bonds is 2. The Balaban J connectivity index is 2.81. The Bertz CT molecular complexity index is 220. The van der Waals surface area contributed by atoms with Gasteiger partial charge in [-0.05, 0) is 6.42 Å². The van der Waals surface area contributed by atoms with Gasteiger partial charge in [-0.25, -0.2) is 14.4 Å². The van der Waals surface area contributed by atoms with Crippen LogP contribution in [0.5, 0.6) is 0 Å². The summed E-state index contributed by atoms with van der Waals surface area (Å²) in [6.45, 7) is 4.07. The molecule has 1 rings (SSSR count). The molecule has 3 heteroatoms. The summed E-state index contributed by atoms with van der Waals surface area (Å²) < 4.78 is 12.3. The molecule has 1 aromatic rings. The highest BCUT2D eigenvalue weighted by Gasteiger charge is 2.04. The van der Waals surface area contributed by atoms with Crippen LogP contribution in [0.1, 0.15) is 32.0 Å². The molecule has 1 atom stereocenters. The lowest BCUT2D eigenvalue weighted by Crippen LogP contribution is -1.99. The molecule has 0 saturated heterocycles. The minimum Gasteiger partial charge on any atom is -0.238 e. The van der Waals surface area contributed by atoms with Crippen LogP contribution in [0.25, 0.3) is 0 Å². The summed E-state index contributed by atoms with van der Waals surface area (Å²) >= 11 is 0. The Labute approximate surface area is 65.5 Å². The fourth-order valence-corrected chi connectivity index (χ4v) is 0.759. The normalized spacial score (nSPS) is 13.0. The van der Waals surface area contributed by atoms with Crippen molar-refractivity contribution in [3.8, 4) is 0 Å². The summed E-state index contributed by atoms with van der Waals surface area (Å²) in [6.07, 6.45) is 3.38. The topological polar surface area (TPSA) is 25.8 Å². The summed E-state index contributed by atoms with van der Waals surface area (Å²) in [5.41, 5.74) is 0. The Morgan fingerprint density at radius 3 is 2.45 bits per heavy atom. The van der Waals surface area contributed by atoms with Crippen molar-refractivity contribution in [3.05, 3.63) is 24.0 Å². The fourth-order valence-electron chi connectivity index (χ4n) is 0.759. The van der Waals surface area contributed by atoms with Crippen molar-refractivity contribution in [2.24, 2.45) is 0 Å². The highest BCUT2D eigenvalue weighted by atomic mass is 19.1. The maximum atomic E-state index is 12.3. The van der Waals surface area contributed by atoms with E-state index in [9.17, 15) is 4.39 Å². The van der Waals surface area contributed by atoms with E-state index in [1.807, 2.05) is 6.92 Å². The monoisotopic (exact) mass is 154 g/mol. The van der Waals surface area contributed by atoms with Crippen LogP contribution in [-0.2, 0) is 0 Å². The van der Waals surface area contributed by atoms with E-state index in [-0.39, 0.29) is 5.82 Å². The molecule has 1 aromatic heterocycles. The van der Waals surface area contributed by atoms with Crippen LogP contribution in [-0.4, -0.2) is 9.97 Å². The highest BCUT2D eigenvalue weighted by molar-refractivity contribution is 4.96. The minimum absolute atomic E-state index is 0.315. The van der Waals surface area contributed by atoms with Gasteiger partial charge in [0.15, 0.2) is 5.82 Å². The average Bonchev–Trinajstić information content (AvgIpc) is 2.05. The van der Waals surface area contributed by atoms with Crippen LogP contribution < -0.4 is 0 Å². The Morgan fingerprint density at radius 1 is 1.45 bits per heavy atom. The molecule has 0 radical (unpaired) electrons.